The number of rotatable bonds is 5. The summed E-state index contributed by atoms with van der Waals surface area (Å²) in [5, 5.41) is 4.40. The highest BCUT2D eigenvalue weighted by atomic mass is 16.5. The normalized spacial score (nSPS) is 12.4. The molecule has 0 amide bonds. The van der Waals surface area contributed by atoms with Crippen LogP contribution in [0.1, 0.15) is 36.8 Å². The number of nitrogens with zero attached hydrogens (tertiary/aromatic N) is 2. The zero-order chi connectivity index (χ0) is 13.8. The van der Waals surface area contributed by atoms with E-state index in [4.69, 9.17) is 10.5 Å². The minimum absolute atomic E-state index is 0.0203. The van der Waals surface area contributed by atoms with E-state index in [1.54, 1.807) is 0 Å². The first-order valence-corrected chi connectivity index (χ1v) is 6.61. The van der Waals surface area contributed by atoms with Crippen LogP contribution in [0.2, 0.25) is 0 Å². The lowest BCUT2D eigenvalue weighted by atomic mass is 10.1. The molecule has 2 aromatic rings. The number of hydrogen-bond acceptors (Lipinski definition) is 3. The van der Waals surface area contributed by atoms with Gasteiger partial charge in [-0.3, -0.25) is 4.68 Å². The van der Waals surface area contributed by atoms with Crippen molar-refractivity contribution < 1.29 is 4.74 Å². The summed E-state index contributed by atoms with van der Waals surface area (Å²) in [5.41, 5.74) is 9.06. The van der Waals surface area contributed by atoms with E-state index in [-0.39, 0.29) is 6.04 Å². The van der Waals surface area contributed by atoms with Gasteiger partial charge in [0.25, 0.3) is 0 Å². The van der Waals surface area contributed by atoms with E-state index >= 15 is 0 Å². The van der Waals surface area contributed by atoms with Gasteiger partial charge < -0.3 is 10.5 Å². The smallest absolute Gasteiger partial charge is 0.130 e. The van der Waals surface area contributed by atoms with Crippen molar-refractivity contribution in [1.29, 1.82) is 0 Å². The van der Waals surface area contributed by atoms with E-state index in [1.165, 1.54) is 0 Å². The molecular formula is C15H21N3O. The van der Waals surface area contributed by atoms with Crippen LogP contribution in [0.4, 0.5) is 0 Å². The second-order valence-corrected chi connectivity index (χ2v) is 4.74. The molecule has 0 aliphatic carbocycles. The van der Waals surface area contributed by atoms with Crippen molar-refractivity contribution in [2.24, 2.45) is 5.73 Å². The highest BCUT2D eigenvalue weighted by molar-refractivity contribution is 5.30. The first-order valence-electron chi connectivity index (χ1n) is 6.61. The Morgan fingerprint density at radius 2 is 2.16 bits per heavy atom. The van der Waals surface area contributed by atoms with Gasteiger partial charge in [-0.1, -0.05) is 12.1 Å². The summed E-state index contributed by atoms with van der Waals surface area (Å²) in [6, 6.07) is 10.00. The SMILES string of the molecule is CCn1nc(C)cc1COc1cccc([C@H](C)N)c1. The fourth-order valence-corrected chi connectivity index (χ4v) is 2.03. The highest BCUT2D eigenvalue weighted by Crippen LogP contribution is 2.19. The summed E-state index contributed by atoms with van der Waals surface area (Å²) in [5.74, 6) is 0.844. The molecule has 0 saturated heterocycles. The Kier molecular flexibility index (Phi) is 4.22. The van der Waals surface area contributed by atoms with Crippen molar-refractivity contribution >= 4 is 0 Å². The van der Waals surface area contributed by atoms with E-state index in [9.17, 15) is 0 Å². The second-order valence-electron chi connectivity index (χ2n) is 4.74. The lowest BCUT2D eigenvalue weighted by molar-refractivity contribution is 0.292. The second kappa shape index (κ2) is 5.89. The Bertz CT molecular complexity index is 546. The van der Waals surface area contributed by atoms with Crippen LogP contribution in [-0.4, -0.2) is 9.78 Å². The van der Waals surface area contributed by atoms with Gasteiger partial charge in [-0.15, -0.1) is 0 Å². The van der Waals surface area contributed by atoms with Crippen molar-refractivity contribution in [3.63, 3.8) is 0 Å². The van der Waals surface area contributed by atoms with Crippen molar-refractivity contribution in [1.82, 2.24) is 9.78 Å². The molecule has 0 saturated carbocycles. The lowest BCUT2D eigenvalue weighted by Crippen LogP contribution is -2.07. The summed E-state index contributed by atoms with van der Waals surface area (Å²) in [6.07, 6.45) is 0. The van der Waals surface area contributed by atoms with E-state index in [2.05, 4.69) is 18.1 Å². The van der Waals surface area contributed by atoms with Gasteiger partial charge >= 0.3 is 0 Å². The standard InChI is InChI=1S/C15H21N3O/c1-4-18-14(8-11(2)17-18)10-19-15-7-5-6-13(9-15)12(3)16/h5-9,12H,4,10,16H2,1-3H3/t12-/m0/s1. The number of ether oxygens (including phenoxy) is 1. The van der Waals surface area contributed by atoms with Crippen LogP contribution in [0.3, 0.4) is 0 Å². The van der Waals surface area contributed by atoms with Crippen LogP contribution in [0, 0.1) is 6.92 Å². The van der Waals surface area contributed by atoms with Crippen LogP contribution in [0.5, 0.6) is 5.75 Å². The molecule has 0 aliphatic heterocycles. The molecule has 19 heavy (non-hydrogen) atoms. The molecule has 0 unspecified atom stereocenters. The molecule has 1 heterocycles. The molecule has 0 radical (unpaired) electrons. The molecule has 0 bridgehead atoms. The lowest BCUT2D eigenvalue weighted by Gasteiger charge is -2.10. The van der Waals surface area contributed by atoms with Gasteiger partial charge in [-0.2, -0.15) is 5.10 Å². The Morgan fingerprint density at radius 3 is 2.84 bits per heavy atom. The molecule has 2 N–H and O–H groups in total. The maximum atomic E-state index is 5.87. The van der Waals surface area contributed by atoms with Gasteiger partial charge in [-0.25, -0.2) is 0 Å². The van der Waals surface area contributed by atoms with Crippen molar-refractivity contribution in [2.45, 2.75) is 40.0 Å². The molecular weight excluding hydrogens is 238 g/mol. The number of benzene rings is 1. The Morgan fingerprint density at radius 1 is 1.37 bits per heavy atom. The number of aromatic nitrogens is 2. The van der Waals surface area contributed by atoms with Crippen molar-refractivity contribution in [3.05, 3.63) is 47.3 Å². The number of hydrogen-bond donors (Lipinski definition) is 1. The monoisotopic (exact) mass is 259 g/mol. The topological polar surface area (TPSA) is 53.1 Å². The molecule has 2 rings (SSSR count). The molecule has 1 atom stereocenters. The predicted molar refractivity (Wildman–Crippen MR) is 76.0 cm³/mol. The fourth-order valence-electron chi connectivity index (χ4n) is 2.03. The molecule has 4 nitrogen and oxygen atoms in total. The Balaban J connectivity index is 2.07. The number of aryl methyl sites for hydroxylation is 2. The first kappa shape index (κ1) is 13.6. The zero-order valence-electron chi connectivity index (χ0n) is 11.8. The Hall–Kier alpha value is -1.81. The summed E-state index contributed by atoms with van der Waals surface area (Å²) >= 11 is 0. The third-order valence-corrected chi connectivity index (χ3v) is 3.06. The third kappa shape index (κ3) is 3.35. The minimum Gasteiger partial charge on any atom is -0.487 e. The quantitative estimate of drug-likeness (QED) is 0.898. The first-order chi connectivity index (χ1) is 9.10. The summed E-state index contributed by atoms with van der Waals surface area (Å²) < 4.78 is 7.79. The average molecular weight is 259 g/mol. The molecule has 0 fully saturated rings. The van der Waals surface area contributed by atoms with Crippen molar-refractivity contribution in [3.8, 4) is 5.75 Å². The van der Waals surface area contributed by atoms with Crippen LogP contribution >= 0.6 is 0 Å². The van der Waals surface area contributed by atoms with Crippen molar-refractivity contribution in [2.75, 3.05) is 0 Å². The zero-order valence-corrected chi connectivity index (χ0v) is 11.8. The molecule has 102 valence electrons. The molecule has 4 heteroatoms. The summed E-state index contributed by atoms with van der Waals surface area (Å²) in [7, 11) is 0. The van der Waals surface area contributed by atoms with Gasteiger partial charge in [0.2, 0.25) is 0 Å². The highest BCUT2D eigenvalue weighted by Gasteiger charge is 2.06. The van der Waals surface area contributed by atoms with E-state index in [0.29, 0.717) is 6.61 Å². The fraction of sp³-hybridized carbons (Fsp3) is 0.400. The van der Waals surface area contributed by atoms with E-state index in [1.807, 2.05) is 42.8 Å². The van der Waals surface area contributed by atoms with Crippen LogP contribution in [-0.2, 0) is 13.2 Å². The average Bonchev–Trinajstić information content (AvgIpc) is 2.77. The third-order valence-electron chi connectivity index (χ3n) is 3.06. The molecule has 1 aromatic heterocycles. The molecule has 0 aliphatic rings. The van der Waals surface area contributed by atoms with Crippen LogP contribution < -0.4 is 10.5 Å². The largest absolute Gasteiger partial charge is 0.487 e. The van der Waals surface area contributed by atoms with Crippen LogP contribution in [0.25, 0.3) is 0 Å². The minimum atomic E-state index is 0.0203. The summed E-state index contributed by atoms with van der Waals surface area (Å²) in [6.45, 7) is 7.41. The Labute approximate surface area is 114 Å². The van der Waals surface area contributed by atoms with E-state index in [0.717, 1.165) is 29.2 Å². The number of nitrogens with two attached hydrogens (primary N) is 1. The maximum absolute atomic E-state index is 5.87. The van der Waals surface area contributed by atoms with Gasteiger partial charge in [0.1, 0.15) is 12.4 Å². The van der Waals surface area contributed by atoms with Gasteiger partial charge in [0, 0.05) is 12.6 Å². The predicted octanol–water partition coefficient (Wildman–Crippen LogP) is 2.81. The van der Waals surface area contributed by atoms with Gasteiger partial charge in [-0.05, 0) is 44.5 Å². The van der Waals surface area contributed by atoms with Gasteiger partial charge in [0.15, 0.2) is 0 Å². The molecule has 1 aromatic carbocycles. The maximum Gasteiger partial charge on any atom is 0.130 e. The molecule has 0 spiro atoms. The summed E-state index contributed by atoms with van der Waals surface area (Å²) in [4.78, 5) is 0. The van der Waals surface area contributed by atoms with E-state index < -0.39 is 0 Å². The van der Waals surface area contributed by atoms with Gasteiger partial charge in [0.05, 0.1) is 11.4 Å². The van der Waals surface area contributed by atoms with Crippen LogP contribution in [0.15, 0.2) is 30.3 Å².